The van der Waals surface area contributed by atoms with Gasteiger partial charge in [0, 0.05) is 18.1 Å². The van der Waals surface area contributed by atoms with Gasteiger partial charge in [-0.3, -0.25) is 10.1 Å². The predicted octanol–water partition coefficient (Wildman–Crippen LogP) is 2.25. The van der Waals surface area contributed by atoms with Crippen molar-refractivity contribution in [1.29, 1.82) is 0 Å². The van der Waals surface area contributed by atoms with Gasteiger partial charge in [0.05, 0.1) is 7.11 Å². The van der Waals surface area contributed by atoms with Crippen molar-refractivity contribution in [2.45, 2.75) is 46.6 Å². The van der Waals surface area contributed by atoms with E-state index in [1.54, 1.807) is 0 Å². The van der Waals surface area contributed by atoms with Crippen LogP contribution in [0.15, 0.2) is 0 Å². The van der Waals surface area contributed by atoms with Crippen LogP contribution in [0.5, 0.6) is 6.01 Å². The quantitative estimate of drug-likeness (QED) is 0.628. The average Bonchev–Trinajstić information content (AvgIpc) is 2.98. The van der Waals surface area contributed by atoms with E-state index in [0.29, 0.717) is 17.6 Å². The number of anilines is 1. The van der Waals surface area contributed by atoms with Gasteiger partial charge in [0.25, 0.3) is 0 Å². The van der Waals surface area contributed by atoms with E-state index >= 15 is 0 Å². The molecule has 0 saturated carbocycles. The Morgan fingerprint density at radius 1 is 1.29 bits per heavy atom. The normalized spacial score (nSPS) is 13.2. The number of hydrogen-bond acceptors (Lipinski definition) is 6. The van der Waals surface area contributed by atoms with E-state index in [1.165, 1.54) is 7.11 Å². The lowest BCUT2D eigenvalue weighted by Crippen LogP contribution is -2.51. The Balaban J connectivity index is 2.60. The topological polar surface area (TPSA) is 105 Å². The second-order valence-electron chi connectivity index (χ2n) is 6.02. The third-order valence-corrected chi connectivity index (χ3v) is 4.23. The van der Waals surface area contributed by atoms with Crippen LogP contribution in [0.4, 0.5) is 9.93 Å². The Morgan fingerprint density at radius 3 is 2.54 bits per heavy atom. The molecule has 9 heteroatoms. The number of methoxy groups -OCH3 is 1. The molecule has 0 spiro atoms. The molecule has 24 heavy (non-hydrogen) atoms. The van der Waals surface area contributed by atoms with Crippen LogP contribution in [0, 0.1) is 11.8 Å². The lowest BCUT2D eigenvalue weighted by molar-refractivity contribution is -0.124. The molecule has 2 atom stereocenters. The smallest absolute Gasteiger partial charge is 0.329 e. The zero-order valence-corrected chi connectivity index (χ0v) is 15.7. The molecule has 1 aromatic rings. The summed E-state index contributed by atoms with van der Waals surface area (Å²) in [6.07, 6.45) is 1.67. The van der Waals surface area contributed by atoms with Crippen molar-refractivity contribution in [2.24, 2.45) is 11.8 Å². The van der Waals surface area contributed by atoms with Crippen LogP contribution in [-0.4, -0.2) is 41.0 Å². The molecule has 3 amide bonds. The van der Waals surface area contributed by atoms with Crippen molar-refractivity contribution in [3.05, 3.63) is 0 Å². The minimum Gasteiger partial charge on any atom is -0.466 e. The minimum absolute atomic E-state index is 0.0127. The second kappa shape index (κ2) is 10.1. The molecule has 0 fully saturated rings. The summed E-state index contributed by atoms with van der Waals surface area (Å²) in [4.78, 5) is 28.5. The molecule has 0 aliphatic heterocycles. The van der Waals surface area contributed by atoms with Crippen LogP contribution in [-0.2, 0) is 4.79 Å². The fourth-order valence-electron chi connectivity index (χ4n) is 1.91. The summed E-state index contributed by atoms with van der Waals surface area (Å²) in [5.41, 5.74) is 0. The molecule has 1 aromatic heterocycles. The van der Waals surface area contributed by atoms with Crippen LogP contribution in [0.1, 0.15) is 40.5 Å². The molecule has 8 nitrogen and oxygen atoms in total. The lowest BCUT2D eigenvalue weighted by atomic mass is 9.98. The Morgan fingerprint density at radius 2 is 2.00 bits per heavy atom. The van der Waals surface area contributed by atoms with Gasteiger partial charge in [-0.15, -0.1) is 4.37 Å². The summed E-state index contributed by atoms with van der Waals surface area (Å²) >= 11 is 1.01. The first-order valence-electron chi connectivity index (χ1n) is 8.10. The summed E-state index contributed by atoms with van der Waals surface area (Å²) < 4.78 is 8.76. The number of hydrogen-bond donors (Lipinski definition) is 3. The Bertz CT molecular complexity index is 535. The van der Waals surface area contributed by atoms with Gasteiger partial charge in [-0.1, -0.05) is 34.1 Å². The van der Waals surface area contributed by atoms with Crippen molar-refractivity contribution in [2.75, 3.05) is 19.0 Å². The standard InChI is InChI=1S/C15H27N5O3S/c1-6-10(4)11(12(21)16-8-7-9(2)3)17-13(22)18-15-19-14(23-5)20-24-15/h9-11H,6-8H2,1-5H3,(H,16,21)(H2,17,18,19,20,22). The number of aromatic nitrogens is 2. The van der Waals surface area contributed by atoms with Gasteiger partial charge in [-0.25, -0.2) is 4.79 Å². The van der Waals surface area contributed by atoms with Gasteiger partial charge in [-0.2, -0.15) is 4.98 Å². The highest BCUT2D eigenvalue weighted by atomic mass is 32.1. The van der Waals surface area contributed by atoms with Crippen molar-refractivity contribution < 1.29 is 14.3 Å². The maximum atomic E-state index is 12.4. The third kappa shape index (κ3) is 6.69. The van der Waals surface area contributed by atoms with Gasteiger partial charge >= 0.3 is 12.0 Å². The minimum atomic E-state index is -0.600. The van der Waals surface area contributed by atoms with Crippen LogP contribution in [0.25, 0.3) is 0 Å². The molecule has 0 aromatic carbocycles. The van der Waals surface area contributed by atoms with Crippen LogP contribution in [0.2, 0.25) is 0 Å². The molecular weight excluding hydrogens is 330 g/mol. The van der Waals surface area contributed by atoms with Gasteiger partial charge in [0.1, 0.15) is 6.04 Å². The highest BCUT2D eigenvalue weighted by Gasteiger charge is 2.26. The first-order chi connectivity index (χ1) is 11.4. The van der Waals surface area contributed by atoms with Gasteiger partial charge in [0.15, 0.2) is 0 Å². The van der Waals surface area contributed by atoms with Crippen LogP contribution >= 0.6 is 11.5 Å². The SMILES string of the molecule is CCC(C)C(NC(=O)Nc1nc(OC)ns1)C(=O)NCCC(C)C. The molecule has 2 unspecified atom stereocenters. The number of carbonyl (C=O) groups is 2. The van der Waals surface area contributed by atoms with Gasteiger partial charge in [-0.05, 0) is 18.3 Å². The van der Waals surface area contributed by atoms with E-state index in [-0.39, 0.29) is 17.8 Å². The first kappa shape index (κ1) is 20.1. The monoisotopic (exact) mass is 357 g/mol. The Hall–Kier alpha value is -1.90. The first-order valence-corrected chi connectivity index (χ1v) is 8.87. The molecular formula is C15H27N5O3S. The van der Waals surface area contributed by atoms with Gasteiger partial charge in [0.2, 0.25) is 11.0 Å². The van der Waals surface area contributed by atoms with Crippen molar-refractivity contribution >= 4 is 28.6 Å². The molecule has 0 bridgehead atoms. The van der Waals surface area contributed by atoms with E-state index in [2.05, 4.69) is 39.2 Å². The highest BCUT2D eigenvalue weighted by Crippen LogP contribution is 2.15. The van der Waals surface area contributed by atoms with E-state index < -0.39 is 12.1 Å². The maximum absolute atomic E-state index is 12.4. The summed E-state index contributed by atoms with van der Waals surface area (Å²) in [5.74, 6) is 0.352. The van der Waals surface area contributed by atoms with Crippen LogP contribution in [0.3, 0.4) is 0 Å². The number of urea groups is 1. The van der Waals surface area contributed by atoms with E-state index in [9.17, 15) is 9.59 Å². The van der Waals surface area contributed by atoms with Crippen LogP contribution < -0.4 is 20.7 Å². The molecule has 3 N–H and O–H groups in total. The molecule has 136 valence electrons. The molecule has 0 aliphatic rings. The lowest BCUT2D eigenvalue weighted by Gasteiger charge is -2.23. The number of carbonyl (C=O) groups excluding carboxylic acids is 2. The zero-order valence-electron chi connectivity index (χ0n) is 14.9. The molecule has 0 aliphatic carbocycles. The second-order valence-corrected chi connectivity index (χ2v) is 6.77. The van der Waals surface area contributed by atoms with E-state index in [0.717, 1.165) is 24.4 Å². The van der Waals surface area contributed by atoms with E-state index in [1.807, 2.05) is 13.8 Å². The van der Waals surface area contributed by atoms with Crippen molar-refractivity contribution in [3.8, 4) is 6.01 Å². The zero-order chi connectivity index (χ0) is 18.1. The molecule has 0 saturated heterocycles. The third-order valence-electron chi connectivity index (χ3n) is 3.61. The fourth-order valence-corrected chi connectivity index (χ4v) is 2.45. The van der Waals surface area contributed by atoms with Gasteiger partial charge < -0.3 is 15.4 Å². The van der Waals surface area contributed by atoms with E-state index in [4.69, 9.17) is 4.74 Å². The molecule has 0 radical (unpaired) electrons. The summed E-state index contributed by atoms with van der Waals surface area (Å²) in [6.45, 7) is 8.70. The molecule has 1 rings (SSSR count). The van der Waals surface area contributed by atoms with Crippen molar-refractivity contribution in [3.63, 3.8) is 0 Å². The average molecular weight is 357 g/mol. The fraction of sp³-hybridized carbons (Fsp3) is 0.733. The van der Waals surface area contributed by atoms with Crippen molar-refractivity contribution in [1.82, 2.24) is 20.0 Å². The summed E-state index contributed by atoms with van der Waals surface area (Å²) in [7, 11) is 1.45. The Kier molecular flexibility index (Phi) is 8.45. The number of amides is 3. The molecule has 1 heterocycles. The number of rotatable bonds is 9. The number of ether oxygens (including phenoxy) is 1. The predicted molar refractivity (Wildman–Crippen MR) is 94.3 cm³/mol. The summed E-state index contributed by atoms with van der Waals surface area (Å²) in [6, 6.07) is -0.893. The maximum Gasteiger partial charge on any atom is 0.329 e. The largest absolute Gasteiger partial charge is 0.466 e. The number of nitrogens with zero attached hydrogens (tertiary/aromatic N) is 2. The highest BCUT2D eigenvalue weighted by molar-refractivity contribution is 7.10. The summed E-state index contributed by atoms with van der Waals surface area (Å²) in [5, 5.41) is 8.48. The Labute approximate surface area is 146 Å². The number of nitrogens with one attached hydrogen (secondary N) is 3.